The van der Waals surface area contributed by atoms with Gasteiger partial charge in [0.25, 0.3) is 0 Å². The minimum Gasteiger partial charge on any atom is -0.335 e. The predicted octanol–water partition coefficient (Wildman–Crippen LogP) is 1.63. The Hall–Kier alpha value is -1.24. The Bertz CT molecular complexity index is 280. The van der Waals surface area contributed by atoms with Crippen LogP contribution in [0.15, 0.2) is 0 Å². The summed E-state index contributed by atoms with van der Waals surface area (Å²) < 4.78 is 0. The van der Waals surface area contributed by atoms with Crippen LogP contribution in [0.3, 0.4) is 0 Å². The number of hydrogen-bond donors (Lipinski definition) is 1. The lowest BCUT2D eigenvalue weighted by molar-refractivity contribution is 0.160. The molecule has 1 unspecified atom stereocenters. The minimum absolute atomic E-state index is 0.0362. The lowest BCUT2D eigenvalue weighted by atomic mass is 9.93. The van der Waals surface area contributed by atoms with Crippen LogP contribution in [0.2, 0.25) is 0 Å². The summed E-state index contributed by atoms with van der Waals surface area (Å²) in [4.78, 5) is 13.5. The molecule has 2 amide bonds. The quantitative estimate of drug-likeness (QED) is 0.710. The van der Waals surface area contributed by atoms with Gasteiger partial charge in [0.1, 0.15) is 6.04 Å². The number of likely N-dealkylation sites (tertiary alicyclic amines) is 1. The molecule has 1 atom stereocenters. The van der Waals surface area contributed by atoms with E-state index in [4.69, 9.17) is 5.26 Å². The Labute approximate surface area is 90.2 Å². The molecule has 2 rings (SSSR count). The van der Waals surface area contributed by atoms with Gasteiger partial charge in [0.2, 0.25) is 0 Å². The lowest BCUT2D eigenvalue weighted by Gasteiger charge is -2.35. The number of rotatable bonds is 1. The largest absolute Gasteiger partial charge is 0.335 e. The summed E-state index contributed by atoms with van der Waals surface area (Å²) in [5.41, 5.74) is 0. The number of carbonyl (C=O) groups excluding carboxylic acids is 1. The van der Waals surface area contributed by atoms with Crippen LogP contribution in [0.1, 0.15) is 38.5 Å². The van der Waals surface area contributed by atoms with Crippen molar-refractivity contribution in [2.75, 3.05) is 6.54 Å². The molecule has 0 spiro atoms. The second-order valence-electron chi connectivity index (χ2n) is 4.41. The van der Waals surface area contributed by atoms with E-state index >= 15 is 0 Å². The summed E-state index contributed by atoms with van der Waals surface area (Å²) in [6.45, 7) is 0.733. The van der Waals surface area contributed by atoms with Gasteiger partial charge in [0.05, 0.1) is 6.07 Å². The molecule has 0 aromatic heterocycles. The Morgan fingerprint density at radius 2 is 2.07 bits per heavy atom. The van der Waals surface area contributed by atoms with Crippen molar-refractivity contribution < 1.29 is 4.79 Å². The first kappa shape index (κ1) is 10.3. The molecule has 4 nitrogen and oxygen atoms in total. The highest BCUT2D eigenvalue weighted by Gasteiger charge is 2.29. The van der Waals surface area contributed by atoms with E-state index in [1.165, 1.54) is 6.42 Å². The van der Waals surface area contributed by atoms with Crippen LogP contribution in [0.5, 0.6) is 0 Å². The molecule has 0 bridgehead atoms. The average molecular weight is 207 g/mol. The van der Waals surface area contributed by atoms with Crippen molar-refractivity contribution in [1.29, 1.82) is 5.26 Å². The molecule has 0 aromatic carbocycles. The van der Waals surface area contributed by atoms with E-state index in [1.54, 1.807) is 4.90 Å². The SMILES string of the molecule is N#CC1CCCCN1C(=O)NC1CCC1. The standard InChI is InChI=1S/C11H17N3O/c12-8-10-6-1-2-7-14(10)11(15)13-9-4-3-5-9/h9-10H,1-7H2,(H,13,15). The molecule has 1 N–H and O–H groups in total. The molecule has 1 saturated carbocycles. The van der Waals surface area contributed by atoms with Gasteiger partial charge in [-0.05, 0) is 38.5 Å². The Balaban J connectivity index is 1.89. The zero-order valence-corrected chi connectivity index (χ0v) is 8.91. The van der Waals surface area contributed by atoms with E-state index in [0.29, 0.717) is 6.04 Å². The molecular weight excluding hydrogens is 190 g/mol. The van der Waals surface area contributed by atoms with E-state index in [9.17, 15) is 4.79 Å². The van der Waals surface area contributed by atoms with Crippen LogP contribution in [0, 0.1) is 11.3 Å². The molecule has 15 heavy (non-hydrogen) atoms. The van der Waals surface area contributed by atoms with Crippen LogP contribution in [0.25, 0.3) is 0 Å². The van der Waals surface area contributed by atoms with E-state index in [-0.39, 0.29) is 12.1 Å². The molecule has 1 aliphatic carbocycles. The number of nitrogens with one attached hydrogen (secondary N) is 1. The van der Waals surface area contributed by atoms with Gasteiger partial charge in [-0.25, -0.2) is 4.79 Å². The van der Waals surface area contributed by atoms with E-state index in [0.717, 1.165) is 38.6 Å². The molecule has 0 radical (unpaired) electrons. The maximum atomic E-state index is 11.8. The number of nitriles is 1. The normalized spacial score (nSPS) is 26.6. The summed E-state index contributed by atoms with van der Waals surface area (Å²) >= 11 is 0. The zero-order chi connectivity index (χ0) is 10.7. The van der Waals surface area contributed by atoms with Crippen molar-refractivity contribution in [3.63, 3.8) is 0 Å². The van der Waals surface area contributed by atoms with Crippen molar-refractivity contribution >= 4 is 6.03 Å². The number of nitrogens with zero attached hydrogens (tertiary/aromatic N) is 2. The number of piperidine rings is 1. The van der Waals surface area contributed by atoms with E-state index < -0.39 is 0 Å². The smallest absolute Gasteiger partial charge is 0.318 e. The molecule has 0 aromatic rings. The summed E-state index contributed by atoms with van der Waals surface area (Å²) in [6.07, 6.45) is 6.32. The molecule has 1 heterocycles. The monoisotopic (exact) mass is 207 g/mol. The second-order valence-corrected chi connectivity index (χ2v) is 4.41. The Kier molecular flexibility index (Phi) is 3.10. The van der Waals surface area contributed by atoms with Crippen molar-refractivity contribution in [2.24, 2.45) is 0 Å². The summed E-state index contributed by atoms with van der Waals surface area (Å²) in [5, 5.41) is 11.9. The van der Waals surface area contributed by atoms with Crippen LogP contribution >= 0.6 is 0 Å². The highest BCUT2D eigenvalue weighted by molar-refractivity contribution is 5.75. The van der Waals surface area contributed by atoms with Gasteiger partial charge in [-0.15, -0.1) is 0 Å². The number of amides is 2. The highest BCUT2D eigenvalue weighted by atomic mass is 16.2. The fourth-order valence-electron chi connectivity index (χ4n) is 2.12. The van der Waals surface area contributed by atoms with Crippen molar-refractivity contribution in [1.82, 2.24) is 10.2 Å². The van der Waals surface area contributed by atoms with Gasteiger partial charge < -0.3 is 10.2 Å². The van der Waals surface area contributed by atoms with Crippen LogP contribution < -0.4 is 5.32 Å². The Morgan fingerprint density at radius 3 is 2.67 bits per heavy atom. The first-order valence-electron chi connectivity index (χ1n) is 5.78. The fourth-order valence-corrected chi connectivity index (χ4v) is 2.12. The lowest BCUT2D eigenvalue weighted by Crippen LogP contribution is -2.52. The van der Waals surface area contributed by atoms with Gasteiger partial charge in [-0.2, -0.15) is 5.26 Å². The molecule has 1 aliphatic heterocycles. The van der Waals surface area contributed by atoms with Gasteiger partial charge in [-0.3, -0.25) is 0 Å². The second kappa shape index (κ2) is 4.52. The zero-order valence-electron chi connectivity index (χ0n) is 8.91. The molecule has 2 fully saturated rings. The molecule has 4 heteroatoms. The van der Waals surface area contributed by atoms with Gasteiger partial charge in [0, 0.05) is 12.6 Å². The first-order valence-corrected chi connectivity index (χ1v) is 5.78. The molecule has 1 saturated heterocycles. The predicted molar refractivity (Wildman–Crippen MR) is 56.1 cm³/mol. The highest BCUT2D eigenvalue weighted by Crippen LogP contribution is 2.20. The van der Waals surface area contributed by atoms with Crippen molar-refractivity contribution in [3.05, 3.63) is 0 Å². The van der Waals surface area contributed by atoms with Gasteiger partial charge in [0.15, 0.2) is 0 Å². The molecule has 2 aliphatic rings. The van der Waals surface area contributed by atoms with Gasteiger partial charge in [-0.1, -0.05) is 0 Å². The number of carbonyl (C=O) groups is 1. The van der Waals surface area contributed by atoms with Crippen molar-refractivity contribution in [3.8, 4) is 6.07 Å². The van der Waals surface area contributed by atoms with Crippen LogP contribution in [0.4, 0.5) is 4.79 Å². The Morgan fingerprint density at radius 1 is 1.27 bits per heavy atom. The maximum absolute atomic E-state index is 11.8. The molecular formula is C11H17N3O. The maximum Gasteiger partial charge on any atom is 0.318 e. The summed E-state index contributed by atoms with van der Waals surface area (Å²) in [7, 11) is 0. The van der Waals surface area contributed by atoms with E-state index in [1.807, 2.05) is 0 Å². The van der Waals surface area contributed by atoms with Crippen LogP contribution in [-0.2, 0) is 0 Å². The summed E-state index contributed by atoms with van der Waals surface area (Å²) in [6, 6.07) is 2.32. The first-order chi connectivity index (χ1) is 7.31. The van der Waals surface area contributed by atoms with Gasteiger partial charge >= 0.3 is 6.03 Å². The van der Waals surface area contributed by atoms with Crippen molar-refractivity contribution in [2.45, 2.75) is 50.6 Å². The fraction of sp³-hybridized carbons (Fsp3) is 0.818. The third kappa shape index (κ3) is 2.23. The van der Waals surface area contributed by atoms with Crippen LogP contribution in [-0.4, -0.2) is 29.6 Å². The molecule has 82 valence electrons. The topological polar surface area (TPSA) is 56.1 Å². The van der Waals surface area contributed by atoms with E-state index in [2.05, 4.69) is 11.4 Å². The number of urea groups is 1. The third-order valence-corrected chi connectivity index (χ3v) is 3.35. The average Bonchev–Trinajstić information content (AvgIpc) is 2.23. The third-order valence-electron chi connectivity index (χ3n) is 3.35. The minimum atomic E-state index is -0.209. The summed E-state index contributed by atoms with van der Waals surface area (Å²) in [5.74, 6) is 0. The number of hydrogen-bond acceptors (Lipinski definition) is 2.